The molecule has 0 heterocycles. The number of hydrogen-bond acceptors (Lipinski definition) is 4. The van der Waals surface area contributed by atoms with E-state index in [9.17, 15) is 18.0 Å². The van der Waals surface area contributed by atoms with Crippen molar-refractivity contribution >= 4 is 50.7 Å². The van der Waals surface area contributed by atoms with Crippen molar-refractivity contribution in [2.45, 2.75) is 58.7 Å². The molecular weight excluding hydrogens is 581 g/mol. The highest BCUT2D eigenvalue weighted by Gasteiger charge is 2.33. The molecule has 10 heteroatoms. The van der Waals surface area contributed by atoms with Gasteiger partial charge in [0.15, 0.2) is 0 Å². The van der Waals surface area contributed by atoms with Gasteiger partial charge in [-0.1, -0.05) is 85.6 Å². The van der Waals surface area contributed by atoms with Gasteiger partial charge >= 0.3 is 0 Å². The molecule has 0 aliphatic heterocycles. The molecule has 0 aromatic heterocycles. The van der Waals surface area contributed by atoms with Gasteiger partial charge in [-0.05, 0) is 60.7 Å². The number of hydrogen-bond donors (Lipinski definition) is 1. The van der Waals surface area contributed by atoms with Crippen LogP contribution in [0.3, 0.4) is 0 Å². The summed E-state index contributed by atoms with van der Waals surface area (Å²) in [4.78, 5) is 29.1. The van der Waals surface area contributed by atoms with Crippen LogP contribution in [0.1, 0.15) is 50.3 Å². The zero-order valence-corrected chi connectivity index (χ0v) is 26.3. The second-order valence-corrected chi connectivity index (χ2v) is 13.4. The number of sulfonamides is 1. The monoisotopic (exact) mass is 617 g/mol. The van der Waals surface area contributed by atoms with Crippen LogP contribution in [0.4, 0.5) is 5.69 Å². The van der Waals surface area contributed by atoms with E-state index in [1.165, 1.54) is 4.90 Å². The van der Waals surface area contributed by atoms with Crippen molar-refractivity contribution in [1.82, 2.24) is 10.2 Å². The number of amides is 2. The smallest absolute Gasteiger partial charge is 0.244 e. The summed E-state index contributed by atoms with van der Waals surface area (Å²) in [5.74, 6) is -0.640. The van der Waals surface area contributed by atoms with Gasteiger partial charge < -0.3 is 10.2 Å². The summed E-state index contributed by atoms with van der Waals surface area (Å²) in [5.41, 5.74) is 2.83. The fourth-order valence-electron chi connectivity index (χ4n) is 4.41. The molecule has 1 atom stereocenters. The van der Waals surface area contributed by atoms with Crippen LogP contribution in [0.5, 0.6) is 0 Å². The minimum atomic E-state index is -3.85. The van der Waals surface area contributed by atoms with Crippen LogP contribution in [0.25, 0.3) is 0 Å². The van der Waals surface area contributed by atoms with Crippen molar-refractivity contribution in [3.8, 4) is 0 Å². The highest BCUT2D eigenvalue weighted by Crippen LogP contribution is 2.26. The highest BCUT2D eigenvalue weighted by molar-refractivity contribution is 7.92. The topological polar surface area (TPSA) is 86.8 Å². The second kappa shape index (κ2) is 14.2. The third kappa shape index (κ3) is 9.21. The van der Waals surface area contributed by atoms with Gasteiger partial charge in [0.1, 0.15) is 12.6 Å². The Morgan fingerprint density at radius 1 is 0.902 bits per heavy atom. The first kappa shape index (κ1) is 32.4. The van der Waals surface area contributed by atoms with E-state index < -0.39 is 28.5 Å². The molecule has 0 radical (unpaired) electrons. The van der Waals surface area contributed by atoms with Gasteiger partial charge in [-0.3, -0.25) is 13.9 Å². The van der Waals surface area contributed by atoms with Crippen molar-refractivity contribution in [3.63, 3.8) is 0 Å². The first-order valence-corrected chi connectivity index (χ1v) is 16.0. The molecule has 3 aromatic carbocycles. The largest absolute Gasteiger partial charge is 0.352 e. The van der Waals surface area contributed by atoms with Crippen LogP contribution < -0.4 is 9.62 Å². The van der Waals surface area contributed by atoms with Gasteiger partial charge in [-0.25, -0.2) is 8.42 Å². The molecule has 0 saturated carbocycles. The summed E-state index contributed by atoms with van der Waals surface area (Å²) in [6, 6.07) is 20.3. The Labute approximate surface area is 253 Å². The van der Waals surface area contributed by atoms with E-state index in [2.05, 4.69) is 5.32 Å². The van der Waals surface area contributed by atoms with Crippen molar-refractivity contribution in [1.29, 1.82) is 0 Å². The van der Waals surface area contributed by atoms with Gasteiger partial charge in [0.25, 0.3) is 0 Å². The number of carbonyl (C=O) groups is 2. The Kier molecular flexibility index (Phi) is 11.2. The number of nitrogens with zero attached hydrogens (tertiary/aromatic N) is 2. The van der Waals surface area contributed by atoms with Crippen molar-refractivity contribution in [3.05, 3.63) is 99.5 Å². The van der Waals surface area contributed by atoms with E-state index in [1.807, 2.05) is 70.2 Å². The number of carbonyl (C=O) groups excluding carboxylic acids is 2. The molecule has 2 amide bonds. The van der Waals surface area contributed by atoms with Crippen LogP contribution in [0.2, 0.25) is 10.0 Å². The van der Waals surface area contributed by atoms with E-state index in [0.717, 1.165) is 21.7 Å². The maximum Gasteiger partial charge on any atom is 0.244 e. The molecule has 3 aromatic rings. The molecule has 0 aliphatic carbocycles. The zero-order valence-electron chi connectivity index (χ0n) is 24.0. The van der Waals surface area contributed by atoms with E-state index in [4.69, 9.17) is 23.2 Å². The Balaban J connectivity index is 2.07. The van der Waals surface area contributed by atoms with Crippen LogP contribution in [0, 0.1) is 0 Å². The second-order valence-electron chi connectivity index (χ2n) is 10.6. The summed E-state index contributed by atoms with van der Waals surface area (Å²) in [5, 5.41) is 3.69. The lowest BCUT2D eigenvalue weighted by Gasteiger charge is -2.34. The summed E-state index contributed by atoms with van der Waals surface area (Å²) in [7, 11) is -3.85. The molecule has 220 valence electrons. The van der Waals surface area contributed by atoms with Crippen LogP contribution in [-0.2, 0) is 32.6 Å². The standard InChI is InChI=1S/C31H37Cl2N3O4S/c1-21(2)24-12-15-27(16-13-24)36(41(5,39)40)20-30(37)35(19-25-11-14-26(32)18-28(25)33)29(31(38)34-22(3)4)17-23-9-7-6-8-10-23/h6-16,18,21-22,29H,17,19-20H2,1-5H3,(H,34,38). The molecule has 0 fully saturated rings. The van der Waals surface area contributed by atoms with E-state index >= 15 is 0 Å². The molecule has 3 rings (SSSR count). The third-order valence-electron chi connectivity index (χ3n) is 6.58. The lowest BCUT2D eigenvalue weighted by atomic mass is 10.0. The Hall–Kier alpha value is -3.07. The van der Waals surface area contributed by atoms with E-state index in [-0.39, 0.29) is 30.8 Å². The maximum absolute atomic E-state index is 14.1. The average Bonchev–Trinajstić information content (AvgIpc) is 2.89. The minimum absolute atomic E-state index is 0.0261. The SMILES string of the molecule is CC(C)NC(=O)C(Cc1ccccc1)N(Cc1ccc(Cl)cc1Cl)C(=O)CN(c1ccc(C(C)C)cc1)S(C)(=O)=O. The van der Waals surface area contributed by atoms with Crippen molar-refractivity contribution in [2.24, 2.45) is 0 Å². The summed E-state index contributed by atoms with van der Waals surface area (Å²) >= 11 is 12.6. The van der Waals surface area contributed by atoms with Gasteiger partial charge in [0.05, 0.1) is 11.9 Å². The first-order valence-electron chi connectivity index (χ1n) is 13.4. The van der Waals surface area contributed by atoms with Gasteiger partial charge in [0, 0.05) is 29.1 Å². The Morgan fingerprint density at radius 2 is 1.54 bits per heavy atom. The molecule has 0 aliphatic rings. The van der Waals surface area contributed by atoms with Crippen LogP contribution in [0.15, 0.2) is 72.8 Å². The lowest BCUT2D eigenvalue weighted by Crippen LogP contribution is -2.54. The van der Waals surface area contributed by atoms with Crippen molar-refractivity contribution in [2.75, 3.05) is 17.1 Å². The number of anilines is 1. The highest BCUT2D eigenvalue weighted by atomic mass is 35.5. The fourth-order valence-corrected chi connectivity index (χ4v) is 5.73. The summed E-state index contributed by atoms with van der Waals surface area (Å²) < 4.78 is 26.9. The van der Waals surface area contributed by atoms with Crippen LogP contribution >= 0.6 is 23.2 Å². The summed E-state index contributed by atoms with van der Waals surface area (Å²) in [6.45, 7) is 7.24. The van der Waals surface area contributed by atoms with Gasteiger partial charge in [0.2, 0.25) is 21.8 Å². The molecule has 7 nitrogen and oxygen atoms in total. The number of benzene rings is 3. The maximum atomic E-state index is 14.1. The lowest BCUT2D eigenvalue weighted by molar-refractivity contribution is -0.140. The Bertz CT molecular complexity index is 1450. The van der Waals surface area contributed by atoms with E-state index in [1.54, 1.807) is 30.3 Å². The normalized spacial score (nSPS) is 12.3. The molecular formula is C31H37Cl2N3O4S. The van der Waals surface area contributed by atoms with Crippen molar-refractivity contribution < 1.29 is 18.0 Å². The summed E-state index contributed by atoms with van der Waals surface area (Å²) in [6.07, 6.45) is 1.28. The number of rotatable bonds is 12. The quantitative estimate of drug-likeness (QED) is 0.268. The molecule has 0 bridgehead atoms. The zero-order chi connectivity index (χ0) is 30.3. The first-order chi connectivity index (χ1) is 19.3. The average molecular weight is 619 g/mol. The molecule has 1 N–H and O–H groups in total. The van der Waals surface area contributed by atoms with Crippen LogP contribution in [-0.4, -0.2) is 50.0 Å². The van der Waals surface area contributed by atoms with Gasteiger partial charge in [-0.15, -0.1) is 0 Å². The predicted octanol–water partition coefficient (Wildman–Crippen LogP) is 6.05. The Morgan fingerprint density at radius 3 is 2.07 bits per heavy atom. The van der Waals surface area contributed by atoms with Gasteiger partial charge in [-0.2, -0.15) is 0 Å². The number of nitrogens with one attached hydrogen (secondary N) is 1. The van der Waals surface area contributed by atoms with E-state index in [0.29, 0.717) is 21.3 Å². The minimum Gasteiger partial charge on any atom is -0.352 e. The fraction of sp³-hybridized carbons (Fsp3) is 0.355. The predicted molar refractivity (Wildman–Crippen MR) is 167 cm³/mol. The third-order valence-corrected chi connectivity index (χ3v) is 8.31. The molecule has 1 unspecified atom stereocenters. The molecule has 0 spiro atoms. The molecule has 0 saturated heterocycles. The molecule has 41 heavy (non-hydrogen) atoms. The number of halogens is 2.